The van der Waals surface area contributed by atoms with E-state index in [1.807, 2.05) is 0 Å². The molecule has 0 heteroatoms. The van der Waals surface area contributed by atoms with Crippen LogP contribution in [0, 0.1) is 0 Å². The van der Waals surface area contributed by atoms with Crippen LogP contribution in [-0.4, -0.2) is 0 Å². The highest BCUT2D eigenvalue weighted by Gasteiger charge is 0.623. The molecule has 0 rings (SSSR count). The summed E-state index contributed by atoms with van der Waals surface area (Å²) in [6.07, 6.45) is 0. The van der Waals surface area contributed by atoms with Gasteiger partial charge in [0.1, 0.15) is 0 Å². The molecule has 0 bridgehead atoms. The highest BCUT2D eigenvalue weighted by molar-refractivity contribution is 4.24. The van der Waals surface area contributed by atoms with Gasteiger partial charge in [-0.05, 0) is 0 Å². The van der Waals surface area contributed by atoms with E-state index in [1.165, 1.54) is 0 Å². The lowest BCUT2D eigenvalue weighted by atomic mass is 11.3. The van der Waals surface area contributed by atoms with Crippen LogP contribution in [-0.2, 0) is 0 Å². The van der Waals surface area contributed by atoms with Gasteiger partial charge in [0.15, 0.2) is 0 Å². The van der Waals surface area contributed by atoms with E-state index < -0.39 is 0 Å². The Morgan fingerprint density at radius 2 is 0.0833 bits per heavy atom. The van der Waals surface area contributed by atoms with Crippen molar-refractivity contribution in [1.82, 2.24) is 0 Å². The molecule has 0 atom stereocenters. The van der Waals surface area contributed by atoms with E-state index >= 15 is 0 Å². The van der Waals surface area contributed by atoms with Gasteiger partial charge in [-0.15, -0.1) is 158 Å². The van der Waals surface area contributed by atoms with E-state index in [9.17, 15) is 0 Å². The van der Waals surface area contributed by atoms with Gasteiger partial charge in [-0.2, -0.15) is 0 Å². The third-order valence-corrected chi connectivity index (χ3v) is 0. The summed E-state index contributed by atoms with van der Waals surface area (Å²) in [5, 5.41) is 0. The largest absolute Gasteiger partial charge is 0.106 e. The van der Waals surface area contributed by atoms with Gasteiger partial charge in [-0.25, -0.2) is 0 Å². The molecule has 0 fully saturated rings. The van der Waals surface area contributed by atoms with Crippen LogP contribution in [0.1, 0.15) is 0 Å². The van der Waals surface area contributed by atoms with Gasteiger partial charge < -0.3 is 0 Å². The highest BCUT2D eigenvalue weighted by Crippen LogP contribution is 0.884. The summed E-state index contributed by atoms with van der Waals surface area (Å²) in [5.41, 5.74) is 0. The summed E-state index contributed by atoms with van der Waals surface area (Å²) >= 11 is 0. The molecule has 0 saturated carbocycles. The van der Waals surface area contributed by atoms with E-state index in [0.29, 0.717) is 0 Å². The molecular weight excluding hydrogens is 288 g/mol. The summed E-state index contributed by atoms with van der Waals surface area (Å²) in [6, 6.07) is 0. The van der Waals surface area contributed by atoms with Gasteiger partial charge >= 0.3 is 0 Å². The first kappa shape index (κ1) is 105. The van der Waals surface area contributed by atoms with Crippen LogP contribution >= 0.6 is 0 Å². The van der Waals surface area contributed by atoms with Crippen molar-refractivity contribution in [3.05, 3.63) is 158 Å². The predicted molar refractivity (Wildman–Crippen MR) is 135 cm³/mol. The van der Waals surface area contributed by atoms with Gasteiger partial charge in [-0.3, -0.25) is 0 Å². The highest BCUT2D eigenvalue weighted by atomic mass is 12.7. The molecule has 0 nitrogen and oxygen atoms in total. The smallest absolute Gasteiger partial charge is 0.106 e. The molecule has 0 radical (unpaired) electrons. The average molecular weight is 337 g/mol. The molecule has 0 aromatic heterocycles. The molecule has 0 aromatic carbocycles. The first-order valence-electron chi connectivity index (χ1n) is 6.00. The van der Waals surface area contributed by atoms with Crippen molar-refractivity contribution in [1.29, 1.82) is 0 Å². The minimum absolute atomic E-state index is 3.00. The van der Waals surface area contributed by atoms with Crippen molar-refractivity contribution in [3.8, 4) is 0 Å². The van der Waals surface area contributed by atoms with E-state index in [2.05, 4.69) is 158 Å². The fourth-order valence-corrected chi connectivity index (χ4v) is 0. The van der Waals surface area contributed by atoms with Crippen molar-refractivity contribution in [2.75, 3.05) is 0 Å². The Balaban J connectivity index is -0.00000000655. The summed E-state index contributed by atoms with van der Waals surface area (Å²) in [4.78, 5) is 0. The lowest BCUT2D eigenvalue weighted by Crippen LogP contribution is -0.552. The fourth-order valence-electron chi connectivity index (χ4n) is 0. The van der Waals surface area contributed by atoms with Crippen molar-refractivity contribution < 1.29 is 0 Å². The molecular formula is C24H48. The molecule has 0 saturated heterocycles. The van der Waals surface area contributed by atoms with Crippen molar-refractivity contribution in [2.45, 2.75) is 0 Å². The van der Waals surface area contributed by atoms with Crippen LogP contribution in [0.4, 0.5) is 0 Å². The summed E-state index contributed by atoms with van der Waals surface area (Å²) < 4.78 is 0. The number of hydrogen-bond acceptors (Lipinski definition) is 0. The molecule has 0 N–H and O–H groups in total. The van der Waals surface area contributed by atoms with Crippen LogP contribution in [0.25, 0.3) is 0 Å². The monoisotopic (exact) mass is 336 g/mol. The van der Waals surface area contributed by atoms with Crippen LogP contribution in [0.15, 0.2) is 158 Å². The SMILES string of the molecule is C=C.C=C.C=C.C=C.C=C.C=C.C=C.C=C.C=C.C=C.C=C.C=C. The molecule has 0 heterocycles. The average Bonchev–Trinajstić information content (AvgIpc) is 2.84. The Hall–Kier alpha value is -3.12. The maximum Gasteiger partial charge on any atom is -0.106 e. The van der Waals surface area contributed by atoms with E-state index in [-0.39, 0.29) is 0 Å². The Kier molecular flexibility index (Phi) is 3170. The third-order valence-electron chi connectivity index (χ3n) is 0. The van der Waals surface area contributed by atoms with Gasteiger partial charge in [0.05, 0.1) is 0 Å². The maximum absolute atomic E-state index is 3.00. The van der Waals surface area contributed by atoms with E-state index in [1.54, 1.807) is 0 Å². The minimum atomic E-state index is 3.00. The zero-order valence-electron chi connectivity index (χ0n) is 17.0. The molecule has 0 aromatic rings. The van der Waals surface area contributed by atoms with Crippen LogP contribution in [0.2, 0.25) is 0 Å². The second kappa shape index (κ2) is 728. The fraction of sp³-hybridized carbons (Fsp3) is 0. The third kappa shape index (κ3) is 620. The second-order valence-corrected chi connectivity index (χ2v) is 0. The molecule has 0 spiro atoms. The molecule has 0 aliphatic rings. The molecule has 0 unspecified atom stereocenters. The molecule has 0 aliphatic heterocycles. The summed E-state index contributed by atoms with van der Waals surface area (Å²) in [6.45, 7) is 72.0. The van der Waals surface area contributed by atoms with Gasteiger partial charge in [0, 0.05) is 0 Å². The summed E-state index contributed by atoms with van der Waals surface area (Å²) in [7, 11) is 0. The van der Waals surface area contributed by atoms with Crippen LogP contribution < -0.4 is 0 Å². The quantitative estimate of drug-likeness (QED) is 0.386. The van der Waals surface area contributed by atoms with Crippen molar-refractivity contribution >= 4 is 0 Å². The maximum atomic E-state index is 3.00. The van der Waals surface area contributed by atoms with Crippen molar-refractivity contribution in [2.24, 2.45) is 0 Å². The lowest BCUT2D eigenvalue weighted by Gasteiger charge is -0.813. The first-order valence-corrected chi connectivity index (χ1v) is 6.00. The Bertz CT molecular complexity index is 43.0. The normalized spacial score (nSPS) is 2.00. The summed E-state index contributed by atoms with van der Waals surface area (Å²) in [5.74, 6) is 0. The van der Waals surface area contributed by atoms with Gasteiger partial charge in [0.25, 0.3) is 0 Å². The minimum Gasteiger partial charge on any atom is -0.106 e. The van der Waals surface area contributed by atoms with Crippen LogP contribution in [0.3, 0.4) is 0 Å². The van der Waals surface area contributed by atoms with E-state index in [0.717, 1.165) is 0 Å². The van der Waals surface area contributed by atoms with Crippen LogP contribution in [0.5, 0.6) is 0 Å². The number of rotatable bonds is 0. The lowest BCUT2D eigenvalue weighted by molar-refractivity contribution is 2.81. The topological polar surface area (TPSA) is 0 Å². The van der Waals surface area contributed by atoms with Crippen molar-refractivity contribution in [3.63, 3.8) is 0 Å². The molecule has 0 amide bonds. The number of hydrogen-bond donors (Lipinski definition) is 0. The van der Waals surface area contributed by atoms with Gasteiger partial charge in [0.2, 0.25) is 0 Å². The van der Waals surface area contributed by atoms with Gasteiger partial charge in [-0.1, -0.05) is 0 Å². The molecule has 24 heavy (non-hydrogen) atoms. The van der Waals surface area contributed by atoms with E-state index in [4.69, 9.17) is 0 Å². The zero-order valence-corrected chi connectivity index (χ0v) is 17.0. The zero-order chi connectivity index (χ0) is 24.0. The Morgan fingerprint density at radius 1 is 0.0833 bits per heavy atom. The molecule has 144 valence electrons. The second-order valence-electron chi connectivity index (χ2n) is 0. The Morgan fingerprint density at radius 3 is 0.0833 bits per heavy atom. The molecule has 0 aliphatic carbocycles. The Labute approximate surface area is 158 Å². The standard InChI is InChI=1S/12C2H4/c12*1-2/h12*1-2H2. The predicted octanol–water partition coefficient (Wildman–Crippen LogP) is 9.63. The first-order chi connectivity index (χ1) is 12.0.